The summed E-state index contributed by atoms with van der Waals surface area (Å²) in [6, 6.07) is 13.9. The average molecular weight is 336 g/mol. The van der Waals surface area contributed by atoms with E-state index in [1.165, 1.54) is 0 Å². The molecule has 6 heteroatoms. The van der Waals surface area contributed by atoms with Gasteiger partial charge in [-0.1, -0.05) is 35.5 Å². The molecule has 0 aliphatic heterocycles. The Bertz CT molecular complexity index is 828. The Kier molecular flexibility index (Phi) is 5.20. The Balaban J connectivity index is 1.54. The van der Waals surface area contributed by atoms with Crippen LogP contribution in [0.15, 0.2) is 59.4 Å². The normalized spacial score (nSPS) is 11.9. The van der Waals surface area contributed by atoms with Gasteiger partial charge in [0.2, 0.25) is 11.8 Å². The lowest BCUT2D eigenvalue weighted by atomic mass is 10.0. The zero-order chi connectivity index (χ0) is 17.6. The number of aryl methyl sites for hydroxylation is 1. The van der Waals surface area contributed by atoms with Crippen LogP contribution in [-0.4, -0.2) is 22.6 Å². The molecule has 3 rings (SSSR count). The largest absolute Gasteiger partial charge is 0.338 e. The van der Waals surface area contributed by atoms with Gasteiger partial charge in [0.05, 0.1) is 12.2 Å². The number of hydrogen-bond donors (Lipinski definition) is 2. The van der Waals surface area contributed by atoms with Gasteiger partial charge in [0.15, 0.2) is 0 Å². The second kappa shape index (κ2) is 7.72. The summed E-state index contributed by atoms with van der Waals surface area (Å²) < 4.78 is 4.97. The first-order chi connectivity index (χ1) is 12.1. The summed E-state index contributed by atoms with van der Waals surface area (Å²) in [7, 11) is 0. The van der Waals surface area contributed by atoms with Crippen LogP contribution in [0.1, 0.15) is 24.2 Å². The van der Waals surface area contributed by atoms with Gasteiger partial charge >= 0.3 is 0 Å². The molecule has 2 N–H and O–H groups in total. The molecule has 0 aliphatic carbocycles. The third-order valence-electron chi connectivity index (χ3n) is 3.86. The van der Waals surface area contributed by atoms with Gasteiger partial charge in [-0.05, 0) is 36.6 Å². The van der Waals surface area contributed by atoms with Crippen LogP contribution in [0.5, 0.6) is 0 Å². The minimum atomic E-state index is -0.171. The average Bonchev–Trinajstić information content (AvgIpc) is 3.05. The fraction of sp³-hybridized carbons (Fsp3) is 0.211. The first kappa shape index (κ1) is 16.9. The molecule has 3 aromatic rings. The fourth-order valence-corrected chi connectivity index (χ4v) is 2.47. The number of nitrogens with zero attached hydrogens (tertiary/aromatic N) is 2. The van der Waals surface area contributed by atoms with E-state index in [-0.39, 0.29) is 18.5 Å². The van der Waals surface area contributed by atoms with E-state index in [2.05, 4.69) is 45.0 Å². The lowest BCUT2D eigenvalue weighted by Crippen LogP contribution is -2.30. The van der Waals surface area contributed by atoms with Crippen molar-refractivity contribution in [3.05, 3.63) is 66.1 Å². The van der Waals surface area contributed by atoms with Crippen LogP contribution in [0.2, 0.25) is 0 Å². The first-order valence-electron chi connectivity index (χ1n) is 8.09. The van der Waals surface area contributed by atoms with E-state index in [4.69, 9.17) is 4.52 Å². The highest BCUT2D eigenvalue weighted by molar-refractivity contribution is 5.90. The summed E-state index contributed by atoms with van der Waals surface area (Å²) in [4.78, 5) is 16.1. The molecule has 0 bridgehead atoms. The number of hydrogen-bond acceptors (Lipinski definition) is 5. The van der Waals surface area contributed by atoms with Gasteiger partial charge in [-0.15, -0.1) is 0 Å². The minimum absolute atomic E-state index is 0.0464. The lowest BCUT2D eigenvalue weighted by Gasteiger charge is -2.14. The molecule has 6 nitrogen and oxygen atoms in total. The van der Waals surface area contributed by atoms with E-state index in [1.54, 1.807) is 19.2 Å². The van der Waals surface area contributed by atoms with Gasteiger partial charge in [0.1, 0.15) is 0 Å². The maximum Gasteiger partial charge on any atom is 0.240 e. The van der Waals surface area contributed by atoms with Crippen molar-refractivity contribution in [3.63, 3.8) is 0 Å². The highest BCUT2D eigenvalue weighted by Gasteiger charge is 2.10. The fourth-order valence-electron chi connectivity index (χ4n) is 2.47. The molecular formula is C19H20N4O2. The van der Waals surface area contributed by atoms with Gasteiger partial charge in [0, 0.05) is 24.5 Å². The van der Waals surface area contributed by atoms with E-state index in [1.807, 2.05) is 25.3 Å². The van der Waals surface area contributed by atoms with Crippen molar-refractivity contribution in [1.82, 2.24) is 15.5 Å². The van der Waals surface area contributed by atoms with Crippen molar-refractivity contribution in [2.75, 3.05) is 11.9 Å². The molecule has 1 aromatic carbocycles. The molecule has 128 valence electrons. The number of carbonyl (C=O) groups excluding carboxylic acids is 1. The van der Waals surface area contributed by atoms with Gasteiger partial charge in [-0.25, -0.2) is 0 Å². The zero-order valence-corrected chi connectivity index (χ0v) is 14.2. The first-order valence-corrected chi connectivity index (χ1v) is 8.09. The number of nitrogens with one attached hydrogen (secondary N) is 2. The Morgan fingerprint density at radius 3 is 2.64 bits per heavy atom. The number of rotatable bonds is 6. The van der Waals surface area contributed by atoms with Crippen LogP contribution in [0.25, 0.3) is 11.1 Å². The second-order valence-electron chi connectivity index (χ2n) is 5.85. The summed E-state index contributed by atoms with van der Waals surface area (Å²) in [5, 5.41) is 9.59. The predicted molar refractivity (Wildman–Crippen MR) is 96.0 cm³/mol. The smallest absolute Gasteiger partial charge is 0.240 e. The van der Waals surface area contributed by atoms with Crippen molar-refractivity contribution < 1.29 is 9.32 Å². The molecule has 2 heterocycles. The van der Waals surface area contributed by atoms with Crippen molar-refractivity contribution in [1.29, 1.82) is 0 Å². The molecule has 2 aromatic heterocycles. The molecule has 0 saturated heterocycles. The van der Waals surface area contributed by atoms with Gasteiger partial charge in [-0.2, -0.15) is 0 Å². The molecule has 0 saturated carbocycles. The molecule has 0 spiro atoms. The Morgan fingerprint density at radius 2 is 2.00 bits per heavy atom. The Labute approximate surface area is 146 Å². The molecule has 1 atom stereocenters. The summed E-state index contributed by atoms with van der Waals surface area (Å²) in [6.07, 6.45) is 3.60. The number of pyridine rings is 1. The quantitative estimate of drug-likeness (QED) is 0.722. The van der Waals surface area contributed by atoms with E-state index in [9.17, 15) is 4.79 Å². The van der Waals surface area contributed by atoms with Crippen LogP contribution in [-0.2, 0) is 4.79 Å². The van der Waals surface area contributed by atoms with Crippen molar-refractivity contribution in [2.45, 2.75) is 19.9 Å². The summed E-state index contributed by atoms with van der Waals surface area (Å²) in [5.74, 6) is 0.188. The van der Waals surface area contributed by atoms with E-state index in [0.717, 1.165) is 22.4 Å². The van der Waals surface area contributed by atoms with E-state index in [0.29, 0.717) is 5.88 Å². The molecule has 1 amide bonds. The highest BCUT2D eigenvalue weighted by Crippen LogP contribution is 2.21. The number of amides is 1. The van der Waals surface area contributed by atoms with Crippen LogP contribution in [0.4, 0.5) is 5.88 Å². The van der Waals surface area contributed by atoms with Gasteiger partial charge < -0.3 is 9.84 Å². The summed E-state index contributed by atoms with van der Waals surface area (Å²) >= 11 is 0. The molecule has 0 unspecified atom stereocenters. The van der Waals surface area contributed by atoms with Crippen LogP contribution in [0.3, 0.4) is 0 Å². The van der Waals surface area contributed by atoms with E-state index < -0.39 is 0 Å². The maximum absolute atomic E-state index is 11.9. The van der Waals surface area contributed by atoms with Crippen molar-refractivity contribution in [2.24, 2.45) is 0 Å². The standard InChI is InChI=1S/C19H20N4O2/c1-13-10-19(25-23-13)22-18(24)12-21-14(2)15-5-7-16(8-6-15)17-4-3-9-20-11-17/h3-11,14,21H,12H2,1-2H3,(H,22,24)/t14-/m1/s1. The molecule has 0 aliphatic rings. The number of anilines is 1. The third-order valence-corrected chi connectivity index (χ3v) is 3.86. The summed E-state index contributed by atoms with van der Waals surface area (Å²) in [6.45, 7) is 4.00. The lowest BCUT2D eigenvalue weighted by molar-refractivity contribution is -0.115. The van der Waals surface area contributed by atoms with Crippen LogP contribution >= 0.6 is 0 Å². The Hall–Kier alpha value is -2.99. The monoisotopic (exact) mass is 336 g/mol. The molecule has 0 fully saturated rings. The summed E-state index contributed by atoms with van der Waals surface area (Å²) in [5.41, 5.74) is 4.03. The SMILES string of the molecule is Cc1cc(NC(=O)CN[C@H](C)c2ccc(-c3cccnc3)cc2)on1. The van der Waals surface area contributed by atoms with E-state index >= 15 is 0 Å². The zero-order valence-electron chi connectivity index (χ0n) is 14.2. The number of carbonyl (C=O) groups is 1. The minimum Gasteiger partial charge on any atom is -0.338 e. The topological polar surface area (TPSA) is 80.0 Å². The van der Waals surface area contributed by atoms with Gasteiger partial charge in [0.25, 0.3) is 0 Å². The highest BCUT2D eigenvalue weighted by atomic mass is 16.5. The van der Waals surface area contributed by atoms with Gasteiger partial charge in [-0.3, -0.25) is 15.1 Å². The second-order valence-corrected chi connectivity index (χ2v) is 5.85. The van der Waals surface area contributed by atoms with Crippen LogP contribution < -0.4 is 10.6 Å². The molecular weight excluding hydrogens is 316 g/mol. The van der Waals surface area contributed by atoms with Crippen molar-refractivity contribution >= 4 is 11.8 Å². The number of aromatic nitrogens is 2. The molecule has 25 heavy (non-hydrogen) atoms. The molecule has 0 radical (unpaired) electrons. The predicted octanol–water partition coefficient (Wildman–Crippen LogP) is 3.33. The number of benzene rings is 1. The Morgan fingerprint density at radius 1 is 1.20 bits per heavy atom. The van der Waals surface area contributed by atoms with Crippen LogP contribution in [0, 0.1) is 6.92 Å². The van der Waals surface area contributed by atoms with Crippen molar-refractivity contribution in [3.8, 4) is 11.1 Å². The third kappa shape index (κ3) is 4.51. The maximum atomic E-state index is 11.9.